The monoisotopic (exact) mass is 269 g/mol. The molecule has 1 aromatic rings. The largest absolute Gasteiger partial charge is 0.460 e. The molecule has 0 fully saturated rings. The van der Waals surface area contributed by atoms with E-state index in [1.807, 2.05) is 9.97 Å². The summed E-state index contributed by atoms with van der Waals surface area (Å²) in [4.78, 5) is 48.7. The lowest BCUT2D eigenvalue weighted by atomic mass is 10.2. The Labute approximate surface area is 107 Å². The molecule has 1 aromatic heterocycles. The van der Waals surface area contributed by atoms with Crippen molar-refractivity contribution >= 4 is 5.97 Å². The van der Waals surface area contributed by atoms with Gasteiger partial charge in [0.05, 0.1) is 6.54 Å². The highest BCUT2D eigenvalue weighted by molar-refractivity contribution is 5.88. The van der Waals surface area contributed by atoms with Crippen LogP contribution in [0.5, 0.6) is 0 Å². The zero-order chi connectivity index (χ0) is 14.6. The summed E-state index contributed by atoms with van der Waals surface area (Å²) < 4.78 is 5.65. The molecular formula is C11H15N3O5. The van der Waals surface area contributed by atoms with Gasteiger partial charge < -0.3 is 4.74 Å². The number of nitrogens with one attached hydrogen (secondary N) is 2. The Balaban J connectivity index is 2.73. The average Bonchev–Trinajstić information content (AvgIpc) is 2.30. The predicted molar refractivity (Wildman–Crippen MR) is 67.0 cm³/mol. The van der Waals surface area contributed by atoms with Crippen LogP contribution in [-0.2, 0) is 16.1 Å². The maximum absolute atomic E-state index is 11.5. The second kappa shape index (κ2) is 5.98. The van der Waals surface area contributed by atoms with Gasteiger partial charge in [0.15, 0.2) is 0 Å². The summed E-state index contributed by atoms with van der Waals surface area (Å²) in [5, 5.41) is 0. The topological polar surface area (TPSA) is 114 Å². The third kappa shape index (κ3) is 3.80. The molecule has 0 radical (unpaired) electrons. The first kappa shape index (κ1) is 14.7. The molecule has 0 aliphatic rings. The van der Waals surface area contributed by atoms with Gasteiger partial charge in [0.1, 0.15) is 6.61 Å². The minimum absolute atomic E-state index is 0.132. The summed E-state index contributed by atoms with van der Waals surface area (Å²) in [6.45, 7) is 4.89. The molecule has 0 bridgehead atoms. The molecule has 19 heavy (non-hydrogen) atoms. The number of hydrogen-bond donors (Lipinski definition) is 2. The van der Waals surface area contributed by atoms with Crippen LogP contribution in [0.1, 0.15) is 20.8 Å². The van der Waals surface area contributed by atoms with Gasteiger partial charge in [-0.05, 0) is 20.8 Å². The van der Waals surface area contributed by atoms with Crippen molar-refractivity contribution in [1.82, 2.24) is 14.5 Å². The Bertz CT molecular complexity index is 638. The van der Waals surface area contributed by atoms with E-state index in [2.05, 4.69) is 0 Å². The highest BCUT2D eigenvalue weighted by Crippen LogP contribution is 2.03. The van der Waals surface area contributed by atoms with Crippen molar-refractivity contribution < 1.29 is 9.53 Å². The molecule has 1 heterocycles. The first-order valence-electron chi connectivity index (χ1n) is 5.57. The molecule has 0 unspecified atom stereocenters. The molecule has 0 aliphatic heterocycles. The molecule has 2 N–H and O–H groups in total. The van der Waals surface area contributed by atoms with Gasteiger partial charge in [-0.15, -0.1) is 0 Å². The van der Waals surface area contributed by atoms with Crippen molar-refractivity contribution in [2.24, 2.45) is 0 Å². The zero-order valence-corrected chi connectivity index (χ0v) is 10.9. The van der Waals surface area contributed by atoms with Crippen molar-refractivity contribution in [3.63, 3.8) is 0 Å². The quantitative estimate of drug-likeness (QED) is 0.544. The minimum atomic E-state index is -0.872. The van der Waals surface area contributed by atoms with Crippen molar-refractivity contribution in [3.05, 3.63) is 42.6 Å². The van der Waals surface area contributed by atoms with Crippen molar-refractivity contribution in [3.8, 4) is 0 Å². The summed E-state index contributed by atoms with van der Waals surface area (Å²) in [5.41, 5.74) is -1.26. The van der Waals surface area contributed by atoms with Gasteiger partial charge in [-0.2, -0.15) is 0 Å². The molecule has 0 aliphatic carbocycles. The molecule has 1 rings (SSSR count). The normalized spacial score (nSPS) is 10.1. The van der Waals surface area contributed by atoms with E-state index in [-0.39, 0.29) is 13.2 Å². The van der Waals surface area contributed by atoms with Gasteiger partial charge >= 0.3 is 23.0 Å². The maximum atomic E-state index is 11.5. The van der Waals surface area contributed by atoms with Gasteiger partial charge in [-0.3, -0.25) is 9.97 Å². The van der Waals surface area contributed by atoms with Gasteiger partial charge in [0, 0.05) is 5.57 Å². The summed E-state index contributed by atoms with van der Waals surface area (Å²) in [6, 6.07) is 0. The van der Waals surface area contributed by atoms with E-state index >= 15 is 0 Å². The predicted octanol–water partition coefficient (Wildman–Crippen LogP) is -0.876. The average molecular weight is 269 g/mol. The maximum Gasteiger partial charge on any atom is 0.333 e. The van der Waals surface area contributed by atoms with Crippen LogP contribution in [0.15, 0.2) is 25.5 Å². The zero-order valence-electron chi connectivity index (χ0n) is 10.9. The number of carbonyl (C=O) groups is 1. The van der Waals surface area contributed by atoms with Crippen LogP contribution in [-0.4, -0.2) is 27.1 Å². The van der Waals surface area contributed by atoms with Crippen molar-refractivity contribution in [2.45, 2.75) is 27.3 Å². The minimum Gasteiger partial charge on any atom is -0.460 e. The standard InChI is InChI=1S/C11H15N3O5/c1-6(2)7(3)8(15)19-5-4-14-10(17)12-9(16)13-11(14)18/h4-5H2,1-3H3,(H2,12,13,16,17,18). The van der Waals surface area contributed by atoms with Crippen molar-refractivity contribution in [2.75, 3.05) is 6.61 Å². The van der Waals surface area contributed by atoms with Gasteiger partial charge in [0.2, 0.25) is 0 Å². The second-order valence-corrected chi connectivity index (χ2v) is 4.10. The van der Waals surface area contributed by atoms with E-state index in [0.29, 0.717) is 5.57 Å². The fourth-order valence-electron chi connectivity index (χ4n) is 1.20. The van der Waals surface area contributed by atoms with Crippen LogP contribution in [0, 0.1) is 0 Å². The highest BCUT2D eigenvalue weighted by Gasteiger charge is 2.08. The number of aromatic amines is 2. The van der Waals surface area contributed by atoms with E-state index in [1.54, 1.807) is 20.8 Å². The van der Waals surface area contributed by atoms with Crippen LogP contribution < -0.4 is 17.1 Å². The van der Waals surface area contributed by atoms with Crippen LogP contribution in [0.3, 0.4) is 0 Å². The molecule has 8 nitrogen and oxygen atoms in total. The third-order valence-corrected chi connectivity index (χ3v) is 2.54. The fraction of sp³-hybridized carbons (Fsp3) is 0.455. The Morgan fingerprint density at radius 3 is 2.11 bits per heavy atom. The first-order chi connectivity index (χ1) is 8.82. The number of aromatic nitrogens is 3. The Morgan fingerprint density at radius 1 is 1.11 bits per heavy atom. The van der Waals surface area contributed by atoms with Crippen LogP contribution in [0.25, 0.3) is 0 Å². The summed E-state index contributed by atoms with van der Waals surface area (Å²) in [7, 11) is 0. The number of hydrogen-bond acceptors (Lipinski definition) is 5. The van der Waals surface area contributed by atoms with Crippen molar-refractivity contribution in [1.29, 1.82) is 0 Å². The van der Waals surface area contributed by atoms with Crippen LogP contribution in [0.2, 0.25) is 0 Å². The summed E-state index contributed by atoms with van der Waals surface area (Å²) in [5.74, 6) is -0.506. The number of rotatable bonds is 4. The molecule has 104 valence electrons. The van der Waals surface area contributed by atoms with Gasteiger partial charge in [0.25, 0.3) is 0 Å². The summed E-state index contributed by atoms with van der Waals surface area (Å²) >= 11 is 0. The number of carbonyl (C=O) groups excluding carboxylic acids is 1. The Morgan fingerprint density at radius 2 is 1.63 bits per heavy atom. The molecule has 0 saturated carbocycles. The first-order valence-corrected chi connectivity index (χ1v) is 5.57. The summed E-state index contributed by atoms with van der Waals surface area (Å²) in [6.07, 6.45) is 0. The van der Waals surface area contributed by atoms with Crippen LogP contribution in [0.4, 0.5) is 0 Å². The fourth-order valence-corrected chi connectivity index (χ4v) is 1.20. The highest BCUT2D eigenvalue weighted by atomic mass is 16.5. The third-order valence-electron chi connectivity index (χ3n) is 2.54. The molecule has 0 spiro atoms. The number of esters is 1. The smallest absolute Gasteiger partial charge is 0.333 e. The van der Waals surface area contributed by atoms with E-state index in [1.165, 1.54) is 0 Å². The SMILES string of the molecule is CC(C)=C(C)C(=O)OCCn1c(=O)[nH]c(=O)[nH]c1=O. The Hall–Kier alpha value is -2.38. The molecule has 0 amide bonds. The molecular weight excluding hydrogens is 254 g/mol. The van der Waals surface area contributed by atoms with Crippen LogP contribution >= 0.6 is 0 Å². The number of nitrogens with zero attached hydrogens (tertiary/aromatic N) is 1. The van der Waals surface area contributed by atoms with E-state index in [9.17, 15) is 19.2 Å². The lowest BCUT2D eigenvalue weighted by Crippen LogP contribution is -2.44. The lowest BCUT2D eigenvalue weighted by Gasteiger charge is -2.06. The lowest BCUT2D eigenvalue weighted by molar-refractivity contribution is -0.139. The van der Waals surface area contributed by atoms with E-state index in [0.717, 1.165) is 10.1 Å². The molecule has 8 heteroatoms. The molecule has 0 atom stereocenters. The molecule has 0 aromatic carbocycles. The second-order valence-electron chi connectivity index (χ2n) is 4.10. The van der Waals surface area contributed by atoms with Gasteiger partial charge in [-0.25, -0.2) is 23.7 Å². The number of ether oxygens (including phenoxy) is 1. The number of H-pyrrole nitrogens is 2. The van der Waals surface area contributed by atoms with Gasteiger partial charge in [-0.1, -0.05) is 5.57 Å². The Kier molecular flexibility index (Phi) is 4.62. The van der Waals surface area contributed by atoms with E-state index < -0.39 is 23.0 Å². The van der Waals surface area contributed by atoms with E-state index in [4.69, 9.17) is 4.74 Å². The number of allylic oxidation sites excluding steroid dienone is 1. The molecule has 0 saturated heterocycles.